The lowest BCUT2D eigenvalue weighted by molar-refractivity contribution is -0.137. The zero-order valence-electron chi connectivity index (χ0n) is 11.5. The van der Waals surface area contributed by atoms with E-state index in [1.165, 1.54) is 29.1 Å². The Kier molecular flexibility index (Phi) is 3.42. The number of hydrogen-bond acceptors (Lipinski definition) is 2. The maximum Gasteiger partial charge on any atom is 0.416 e. The summed E-state index contributed by atoms with van der Waals surface area (Å²) in [5.41, 5.74) is -2.40. The monoisotopic (exact) mass is 310 g/mol. The van der Waals surface area contributed by atoms with Gasteiger partial charge in [0.05, 0.1) is 5.56 Å². The molecule has 1 saturated carbocycles. The van der Waals surface area contributed by atoms with Crippen molar-refractivity contribution in [2.45, 2.75) is 25.6 Å². The van der Waals surface area contributed by atoms with Gasteiger partial charge in [-0.05, 0) is 37.0 Å². The molecule has 0 amide bonds. The molecule has 0 radical (unpaired) electrons. The van der Waals surface area contributed by atoms with Crippen LogP contribution >= 0.6 is 0 Å². The van der Waals surface area contributed by atoms with Crippen LogP contribution in [0.1, 0.15) is 18.4 Å². The molecule has 3 rings (SSSR count). The Bertz CT molecular complexity index is 817. The van der Waals surface area contributed by atoms with E-state index in [9.17, 15) is 22.8 Å². The number of aromatic nitrogens is 2. The van der Waals surface area contributed by atoms with Crippen LogP contribution in [-0.2, 0) is 12.7 Å². The van der Waals surface area contributed by atoms with E-state index in [1.54, 1.807) is 0 Å². The highest BCUT2D eigenvalue weighted by molar-refractivity contribution is 5.37. The largest absolute Gasteiger partial charge is 0.416 e. The molecule has 1 aliphatic carbocycles. The normalized spacial score (nSPS) is 15.0. The fourth-order valence-electron chi connectivity index (χ4n) is 2.27. The van der Waals surface area contributed by atoms with Crippen LogP contribution in [0.5, 0.6) is 0 Å². The first-order valence-corrected chi connectivity index (χ1v) is 6.86. The van der Waals surface area contributed by atoms with Crippen molar-refractivity contribution in [1.82, 2.24) is 9.13 Å². The average molecular weight is 310 g/mol. The molecule has 1 aromatic carbocycles. The van der Waals surface area contributed by atoms with Gasteiger partial charge >= 0.3 is 17.3 Å². The van der Waals surface area contributed by atoms with Crippen LogP contribution < -0.4 is 11.1 Å². The third kappa shape index (κ3) is 2.84. The molecule has 22 heavy (non-hydrogen) atoms. The first-order chi connectivity index (χ1) is 10.4. The van der Waals surface area contributed by atoms with Crippen LogP contribution in [0, 0.1) is 5.92 Å². The molecule has 0 spiro atoms. The summed E-state index contributed by atoms with van der Waals surface area (Å²) >= 11 is 0. The van der Waals surface area contributed by atoms with Crippen molar-refractivity contribution in [1.29, 1.82) is 0 Å². The second-order valence-corrected chi connectivity index (χ2v) is 5.42. The molecular weight excluding hydrogens is 297 g/mol. The Morgan fingerprint density at radius 1 is 1.09 bits per heavy atom. The van der Waals surface area contributed by atoms with Gasteiger partial charge in [-0.15, -0.1) is 0 Å². The van der Waals surface area contributed by atoms with Crippen LogP contribution in [0.25, 0.3) is 5.69 Å². The highest BCUT2D eigenvalue weighted by Gasteiger charge is 2.30. The minimum absolute atomic E-state index is 0.0236. The molecule has 7 heteroatoms. The molecule has 0 bridgehead atoms. The molecule has 1 heterocycles. The molecule has 0 atom stereocenters. The number of hydrogen-bond donors (Lipinski definition) is 0. The number of halogens is 3. The SMILES string of the molecule is O=c1c(=O)n(-c2cccc(C(F)(F)F)c2)ccn1CC1CC1. The van der Waals surface area contributed by atoms with E-state index >= 15 is 0 Å². The van der Waals surface area contributed by atoms with Crippen molar-refractivity contribution in [2.24, 2.45) is 5.92 Å². The van der Waals surface area contributed by atoms with Crippen LogP contribution in [0.4, 0.5) is 13.2 Å². The molecule has 0 N–H and O–H groups in total. The highest BCUT2D eigenvalue weighted by atomic mass is 19.4. The second kappa shape index (κ2) is 5.15. The second-order valence-electron chi connectivity index (χ2n) is 5.42. The van der Waals surface area contributed by atoms with Crippen LogP contribution in [0.3, 0.4) is 0 Å². The summed E-state index contributed by atoms with van der Waals surface area (Å²) in [4.78, 5) is 24.1. The van der Waals surface area contributed by atoms with E-state index in [1.807, 2.05) is 0 Å². The average Bonchev–Trinajstić information content (AvgIpc) is 3.27. The van der Waals surface area contributed by atoms with Gasteiger partial charge in [-0.25, -0.2) is 0 Å². The van der Waals surface area contributed by atoms with Crippen LogP contribution in [-0.4, -0.2) is 9.13 Å². The van der Waals surface area contributed by atoms with Gasteiger partial charge in [0, 0.05) is 24.6 Å². The third-order valence-corrected chi connectivity index (χ3v) is 3.66. The van der Waals surface area contributed by atoms with Crippen LogP contribution in [0.15, 0.2) is 46.2 Å². The predicted octanol–water partition coefficient (Wildman–Crippen LogP) is 2.43. The van der Waals surface area contributed by atoms with E-state index < -0.39 is 22.9 Å². The van der Waals surface area contributed by atoms with Crippen molar-refractivity contribution in [3.63, 3.8) is 0 Å². The summed E-state index contributed by atoms with van der Waals surface area (Å²) in [6, 6.07) is 4.34. The number of benzene rings is 1. The minimum atomic E-state index is -4.50. The quantitative estimate of drug-likeness (QED) is 0.817. The van der Waals surface area contributed by atoms with Gasteiger partial charge in [0.1, 0.15) is 0 Å². The summed E-state index contributed by atoms with van der Waals surface area (Å²) in [6.45, 7) is 0.484. The van der Waals surface area contributed by atoms with E-state index in [0.29, 0.717) is 12.5 Å². The lowest BCUT2D eigenvalue weighted by Crippen LogP contribution is -2.40. The smallest absolute Gasteiger partial charge is 0.309 e. The minimum Gasteiger partial charge on any atom is -0.309 e. The molecular formula is C15H13F3N2O2. The fourth-order valence-corrected chi connectivity index (χ4v) is 2.27. The number of rotatable bonds is 3. The van der Waals surface area contributed by atoms with Crippen molar-refractivity contribution < 1.29 is 13.2 Å². The Morgan fingerprint density at radius 2 is 1.82 bits per heavy atom. The molecule has 116 valence electrons. The lowest BCUT2D eigenvalue weighted by Gasteiger charge is -2.11. The summed E-state index contributed by atoms with van der Waals surface area (Å²) in [5, 5.41) is 0. The molecule has 1 fully saturated rings. The van der Waals surface area contributed by atoms with Gasteiger partial charge in [-0.3, -0.25) is 14.2 Å². The molecule has 0 saturated heterocycles. The van der Waals surface area contributed by atoms with Gasteiger partial charge in [0.25, 0.3) is 0 Å². The van der Waals surface area contributed by atoms with Gasteiger partial charge in [-0.2, -0.15) is 13.2 Å². The van der Waals surface area contributed by atoms with Crippen molar-refractivity contribution in [3.05, 3.63) is 62.9 Å². The molecule has 0 unspecified atom stereocenters. The Labute approximate surface area is 123 Å². The standard InChI is InChI=1S/C15H13F3N2O2/c16-15(17,18)11-2-1-3-12(8-11)20-7-6-19(9-10-4-5-10)13(21)14(20)22/h1-3,6-8,10H,4-5,9H2. The third-order valence-electron chi connectivity index (χ3n) is 3.66. The summed E-state index contributed by atoms with van der Waals surface area (Å²) in [7, 11) is 0. The van der Waals surface area contributed by atoms with E-state index in [4.69, 9.17) is 0 Å². The van der Waals surface area contributed by atoms with Gasteiger partial charge in [-0.1, -0.05) is 6.07 Å². The zero-order valence-corrected chi connectivity index (χ0v) is 11.5. The van der Waals surface area contributed by atoms with Crippen molar-refractivity contribution >= 4 is 0 Å². The first kappa shape index (κ1) is 14.6. The molecule has 4 nitrogen and oxygen atoms in total. The van der Waals surface area contributed by atoms with E-state index in [0.717, 1.165) is 29.5 Å². The fraction of sp³-hybridized carbons (Fsp3) is 0.333. The van der Waals surface area contributed by atoms with Crippen molar-refractivity contribution in [2.75, 3.05) is 0 Å². The van der Waals surface area contributed by atoms with Crippen LogP contribution in [0.2, 0.25) is 0 Å². The molecule has 1 aliphatic rings. The predicted molar refractivity (Wildman–Crippen MR) is 74.0 cm³/mol. The maximum absolute atomic E-state index is 12.7. The maximum atomic E-state index is 12.7. The Balaban J connectivity index is 2.03. The van der Waals surface area contributed by atoms with Gasteiger partial charge in [0.2, 0.25) is 0 Å². The van der Waals surface area contributed by atoms with Crippen molar-refractivity contribution in [3.8, 4) is 5.69 Å². The topological polar surface area (TPSA) is 44.0 Å². The number of nitrogens with zero attached hydrogens (tertiary/aromatic N) is 2. The van der Waals surface area contributed by atoms with E-state index in [-0.39, 0.29) is 5.69 Å². The van der Waals surface area contributed by atoms with Gasteiger partial charge in [0.15, 0.2) is 0 Å². The first-order valence-electron chi connectivity index (χ1n) is 6.86. The Hall–Kier alpha value is -2.31. The lowest BCUT2D eigenvalue weighted by atomic mass is 10.2. The summed E-state index contributed by atoms with van der Waals surface area (Å²) in [5.74, 6) is 0.418. The summed E-state index contributed by atoms with van der Waals surface area (Å²) < 4.78 is 40.4. The molecule has 2 aromatic rings. The highest BCUT2D eigenvalue weighted by Crippen LogP contribution is 2.30. The molecule has 0 aliphatic heterocycles. The van der Waals surface area contributed by atoms with E-state index in [2.05, 4.69) is 0 Å². The zero-order chi connectivity index (χ0) is 15.9. The number of alkyl halides is 3. The Morgan fingerprint density at radius 3 is 2.45 bits per heavy atom. The molecule has 1 aromatic heterocycles. The summed E-state index contributed by atoms with van der Waals surface area (Å²) in [6.07, 6.45) is 0.344. The van der Waals surface area contributed by atoms with Gasteiger partial charge < -0.3 is 4.57 Å².